The van der Waals surface area contributed by atoms with E-state index in [1.165, 1.54) is 0 Å². The highest BCUT2D eigenvalue weighted by molar-refractivity contribution is 9.10. The SMILES string of the molecule is Cl.O=C(c1cnn(-c2cccc(Br)c2)c1)N1CC[C@@H]2CNC[C@@H]2CC1. The molecule has 25 heavy (non-hydrogen) atoms. The van der Waals surface area contributed by atoms with Gasteiger partial charge in [-0.15, -0.1) is 12.4 Å². The number of amides is 1. The molecule has 2 fully saturated rings. The van der Waals surface area contributed by atoms with Gasteiger partial charge in [-0.2, -0.15) is 5.10 Å². The lowest BCUT2D eigenvalue weighted by Crippen LogP contribution is -2.32. The van der Waals surface area contributed by atoms with Gasteiger partial charge in [-0.3, -0.25) is 4.79 Å². The Hall–Kier alpha value is -1.37. The van der Waals surface area contributed by atoms with Crippen LogP contribution < -0.4 is 5.32 Å². The molecular weight excluding hydrogens is 404 g/mol. The van der Waals surface area contributed by atoms with Gasteiger partial charge >= 0.3 is 0 Å². The van der Waals surface area contributed by atoms with E-state index in [4.69, 9.17) is 0 Å². The molecule has 0 radical (unpaired) electrons. The number of fused-ring (bicyclic) bond motifs is 1. The fourth-order valence-corrected chi connectivity index (χ4v) is 4.18. The van der Waals surface area contributed by atoms with Gasteiger partial charge < -0.3 is 10.2 Å². The van der Waals surface area contributed by atoms with Crippen molar-refractivity contribution >= 4 is 34.2 Å². The Kier molecular flexibility index (Phi) is 5.81. The van der Waals surface area contributed by atoms with E-state index in [2.05, 4.69) is 26.3 Å². The maximum atomic E-state index is 12.8. The van der Waals surface area contributed by atoms with Crippen LogP contribution in [0.2, 0.25) is 0 Å². The van der Waals surface area contributed by atoms with Gasteiger partial charge in [-0.25, -0.2) is 4.68 Å². The first-order valence-electron chi connectivity index (χ1n) is 8.51. The summed E-state index contributed by atoms with van der Waals surface area (Å²) in [5, 5.41) is 7.84. The van der Waals surface area contributed by atoms with Crippen LogP contribution in [0.3, 0.4) is 0 Å². The van der Waals surface area contributed by atoms with E-state index in [-0.39, 0.29) is 18.3 Å². The summed E-state index contributed by atoms with van der Waals surface area (Å²) in [6.07, 6.45) is 5.71. The standard InChI is InChI=1S/C18H21BrN4O.ClH/c19-16-2-1-3-17(8-16)23-12-15(11-21-23)18(24)22-6-4-13-9-20-10-14(13)5-7-22;/h1-3,8,11-14,20H,4-7,9-10H2;1H/t13-,14+;. The topological polar surface area (TPSA) is 50.2 Å². The third kappa shape index (κ3) is 3.91. The Morgan fingerprint density at radius 1 is 1.20 bits per heavy atom. The van der Waals surface area contributed by atoms with Gasteiger partial charge in [-0.05, 0) is 56.0 Å². The molecule has 0 bridgehead atoms. The maximum absolute atomic E-state index is 12.8. The molecule has 1 amide bonds. The highest BCUT2D eigenvalue weighted by atomic mass is 79.9. The highest BCUT2D eigenvalue weighted by Gasteiger charge is 2.31. The molecular formula is C18H22BrClN4O. The molecule has 5 nitrogen and oxygen atoms in total. The molecule has 4 rings (SSSR count). The number of carbonyl (C=O) groups is 1. The van der Waals surface area contributed by atoms with Gasteiger partial charge in [0.1, 0.15) is 0 Å². The normalized spacial score (nSPS) is 22.8. The first kappa shape index (κ1) is 18.4. The molecule has 0 spiro atoms. The summed E-state index contributed by atoms with van der Waals surface area (Å²) >= 11 is 3.47. The van der Waals surface area contributed by atoms with Crippen LogP contribution in [0.4, 0.5) is 0 Å². The Morgan fingerprint density at radius 2 is 1.92 bits per heavy atom. The molecule has 0 saturated carbocycles. The van der Waals surface area contributed by atoms with Crippen molar-refractivity contribution < 1.29 is 4.79 Å². The fraction of sp³-hybridized carbons (Fsp3) is 0.444. The number of hydrogen-bond acceptors (Lipinski definition) is 3. The average molecular weight is 426 g/mol. The number of carbonyl (C=O) groups excluding carboxylic acids is 1. The van der Waals surface area contributed by atoms with Crippen molar-refractivity contribution in [3.05, 3.63) is 46.7 Å². The van der Waals surface area contributed by atoms with Gasteiger partial charge in [0.05, 0.1) is 17.4 Å². The molecule has 2 aliphatic rings. The van der Waals surface area contributed by atoms with E-state index in [0.717, 1.165) is 61.0 Å². The number of nitrogens with one attached hydrogen (secondary N) is 1. The molecule has 2 saturated heterocycles. The summed E-state index contributed by atoms with van der Waals surface area (Å²) < 4.78 is 2.75. The van der Waals surface area contributed by atoms with Crippen LogP contribution in [0.1, 0.15) is 23.2 Å². The zero-order valence-corrected chi connectivity index (χ0v) is 16.3. The lowest BCUT2D eigenvalue weighted by atomic mass is 9.92. The largest absolute Gasteiger partial charge is 0.339 e. The number of benzene rings is 1. The van der Waals surface area contributed by atoms with E-state index in [1.54, 1.807) is 10.9 Å². The third-order valence-electron chi connectivity index (χ3n) is 5.21. The van der Waals surface area contributed by atoms with Crippen LogP contribution in [0.25, 0.3) is 5.69 Å². The van der Waals surface area contributed by atoms with Crippen molar-refractivity contribution in [3.8, 4) is 5.69 Å². The minimum Gasteiger partial charge on any atom is -0.339 e. The summed E-state index contributed by atoms with van der Waals surface area (Å²) in [6.45, 7) is 3.91. The molecule has 2 atom stereocenters. The van der Waals surface area contributed by atoms with Crippen LogP contribution in [0.5, 0.6) is 0 Å². The number of hydrogen-bond donors (Lipinski definition) is 1. The summed E-state index contributed by atoms with van der Waals surface area (Å²) in [5.41, 5.74) is 1.61. The molecule has 1 aromatic heterocycles. The average Bonchev–Trinajstić information content (AvgIpc) is 3.20. The van der Waals surface area contributed by atoms with Crippen molar-refractivity contribution in [2.24, 2.45) is 11.8 Å². The zero-order chi connectivity index (χ0) is 16.5. The molecule has 2 aliphatic heterocycles. The smallest absolute Gasteiger partial charge is 0.257 e. The molecule has 7 heteroatoms. The predicted octanol–water partition coefficient (Wildman–Crippen LogP) is 3.13. The van der Waals surface area contributed by atoms with Gasteiger partial charge in [0, 0.05) is 23.8 Å². The number of likely N-dealkylation sites (tertiary alicyclic amines) is 1. The van der Waals surface area contributed by atoms with Crippen LogP contribution in [-0.4, -0.2) is 46.8 Å². The molecule has 3 heterocycles. The quantitative estimate of drug-likeness (QED) is 0.804. The maximum Gasteiger partial charge on any atom is 0.257 e. The first-order valence-corrected chi connectivity index (χ1v) is 9.30. The Morgan fingerprint density at radius 3 is 2.60 bits per heavy atom. The minimum atomic E-state index is 0. The summed E-state index contributed by atoms with van der Waals surface area (Å²) in [5.74, 6) is 1.56. The van der Waals surface area contributed by atoms with Gasteiger partial charge in [-0.1, -0.05) is 22.0 Å². The molecule has 2 aromatic rings. The lowest BCUT2D eigenvalue weighted by molar-refractivity contribution is 0.0758. The second-order valence-electron chi connectivity index (χ2n) is 6.70. The molecule has 0 unspecified atom stereocenters. The predicted molar refractivity (Wildman–Crippen MR) is 103 cm³/mol. The summed E-state index contributed by atoms with van der Waals surface area (Å²) in [7, 11) is 0. The molecule has 134 valence electrons. The van der Waals surface area contributed by atoms with Crippen LogP contribution in [-0.2, 0) is 0 Å². The minimum absolute atomic E-state index is 0. The van der Waals surface area contributed by atoms with Gasteiger partial charge in [0.15, 0.2) is 0 Å². The fourth-order valence-electron chi connectivity index (χ4n) is 3.80. The second kappa shape index (κ2) is 7.89. The highest BCUT2D eigenvalue weighted by Crippen LogP contribution is 2.27. The number of nitrogens with zero attached hydrogens (tertiary/aromatic N) is 3. The van der Waals surface area contributed by atoms with Crippen molar-refractivity contribution in [1.82, 2.24) is 20.0 Å². The Labute approximate surface area is 162 Å². The van der Waals surface area contributed by atoms with E-state index >= 15 is 0 Å². The van der Waals surface area contributed by atoms with E-state index in [1.807, 2.05) is 35.4 Å². The number of rotatable bonds is 2. The Bertz CT molecular complexity index is 736. The number of halogens is 2. The van der Waals surface area contributed by atoms with Crippen molar-refractivity contribution in [2.75, 3.05) is 26.2 Å². The van der Waals surface area contributed by atoms with Gasteiger partial charge in [0.25, 0.3) is 5.91 Å². The lowest BCUT2D eigenvalue weighted by Gasteiger charge is -2.20. The van der Waals surface area contributed by atoms with Crippen molar-refractivity contribution in [3.63, 3.8) is 0 Å². The van der Waals surface area contributed by atoms with E-state index in [0.29, 0.717) is 5.56 Å². The monoisotopic (exact) mass is 424 g/mol. The van der Waals surface area contributed by atoms with Crippen molar-refractivity contribution in [1.29, 1.82) is 0 Å². The molecule has 0 aliphatic carbocycles. The summed E-state index contributed by atoms with van der Waals surface area (Å²) in [6, 6.07) is 7.90. The van der Waals surface area contributed by atoms with E-state index < -0.39 is 0 Å². The molecule has 1 N–H and O–H groups in total. The third-order valence-corrected chi connectivity index (χ3v) is 5.70. The van der Waals surface area contributed by atoms with E-state index in [9.17, 15) is 4.79 Å². The second-order valence-corrected chi connectivity index (χ2v) is 7.62. The Balaban J connectivity index is 0.00000182. The van der Waals surface area contributed by atoms with Gasteiger partial charge in [0.2, 0.25) is 0 Å². The zero-order valence-electron chi connectivity index (χ0n) is 13.9. The van der Waals surface area contributed by atoms with Crippen LogP contribution in [0, 0.1) is 11.8 Å². The summed E-state index contributed by atoms with van der Waals surface area (Å²) in [4.78, 5) is 14.8. The first-order chi connectivity index (χ1) is 11.7. The van der Waals surface area contributed by atoms with Crippen LogP contribution in [0.15, 0.2) is 41.1 Å². The van der Waals surface area contributed by atoms with Crippen LogP contribution >= 0.6 is 28.3 Å². The van der Waals surface area contributed by atoms with Crippen molar-refractivity contribution in [2.45, 2.75) is 12.8 Å². The molecule has 1 aromatic carbocycles. The number of aromatic nitrogens is 2.